The van der Waals surface area contributed by atoms with E-state index in [0.29, 0.717) is 17.8 Å². The summed E-state index contributed by atoms with van der Waals surface area (Å²) in [5, 5.41) is 26.2. The summed E-state index contributed by atoms with van der Waals surface area (Å²) in [6, 6.07) is 6.98. The standard InChI is InChI=1S/3C9H17N/c3*1-5-6-8(2)9(3,4)7-10/h3*8H,5-6H2,1-4H3/t2*8-;/m10./s1. The van der Waals surface area contributed by atoms with E-state index in [-0.39, 0.29) is 16.2 Å². The molecular weight excluding hydrogens is 366 g/mol. The van der Waals surface area contributed by atoms with Gasteiger partial charge in [0.15, 0.2) is 0 Å². The molecule has 30 heavy (non-hydrogen) atoms. The maximum Gasteiger partial charge on any atom is 0.0686 e. The van der Waals surface area contributed by atoms with E-state index in [1.54, 1.807) is 0 Å². The second kappa shape index (κ2) is 16.2. The average molecular weight is 418 g/mol. The van der Waals surface area contributed by atoms with E-state index < -0.39 is 0 Å². The van der Waals surface area contributed by atoms with Crippen LogP contribution >= 0.6 is 0 Å². The van der Waals surface area contributed by atoms with Crippen molar-refractivity contribution in [3.63, 3.8) is 0 Å². The highest BCUT2D eigenvalue weighted by Crippen LogP contribution is 2.30. The molecule has 0 fully saturated rings. The van der Waals surface area contributed by atoms with Gasteiger partial charge in [0.1, 0.15) is 0 Å². The molecule has 0 bridgehead atoms. The van der Waals surface area contributed by atoms with Gasteiger partial charge in [0.25, 0.3) is 0 Å². The Morgan fingerprint density at radius 2 is 0.667 bits per heavy atom. The molecule has 0 rings (SSSR count). The zero-order chi connectivity index (χ0) is 24.6. The Labute approximate surface area is 189 Å². The van der Waals surface area contributed by atoms with Gasteiger partial charge in [-0.1, -0.05) is 60.8 Å². The van der Waals surface area contributed by atoms with Crippen molar-refractivity contribution >= 4 is 0 Å². The normalized spacial score (nSPS) is 14.3. The molecule has 0 heterocycles. The largest absolute Gasteiger partial charge is 0.198 e. The van der Waals surface area contributed by atoms with Gasteiger partial charge in [-0.05, 0) is 78.6 Å². The number of nitriles is 3. The Hall–Kier alpha value is -1.53. The summed E-state index contributed by atoms with van der Waals surface area (Å²) in [5.41, 5.74) is -0.429. The summed E-state index contributed by atoms with van der Waals surface area (Å²) in [6.07, 6.45) is 6.98. The third-order valence-corrected chi connectivity index (χ3v) is 6.73. The molecule has 0 aromatic heterocycles. The Balaban J connectivity index is -0.000000364. The number of rotatable bonds is 9. The van der Waals surface area contributed by atoms with Gasteiger partial charge >= 0.3 is 0 Å². The summed E-state index contributed by atoms with van der Waals surface area (Å²) >= 11 is 0. The van der Waals surface area contributed by atoms with Gasteiger partial charge in [-0.2, -0.15) is 15.8 Å². The SMILES string of the molecule is CCCC(C)C(C)(C)C#N.CCC[C@@H](C)C(C)(C)C#N.CCC[C@H](C)C(C)(C)C#N. The lowest BCUT2D eigenvalue weighted by Crippen LogP contribution is -2.18. The molecule has 174 valence electrons. The monoisotopic (exact) mass is 417 g/mol. The average Bonchev–Trinajstić information content (AvgIpc) is 2.69. The summed E-state index contributed by atoms with van der Waals surface area (Å²) in [4.78, 5) is 0. The highest BCUT2D eigenvalue weighted by atomic mass is 14.4. The van der Waals surface area contributed by atoms with Crippen LogP contribution < -0.4 is 0 Å². The maximum absolute atomic E-state index is 8.74. The fraction of sp³-hybridized carbons (Fsp3) is 0.889. The fourth-order valence-corrected chi connectivity index (χ4v) is 2.71. The van der Waals surface area contributed by atoms with Crippen molar-refractivity contribution in [2.45, 2.75) is 122 Å². The summed E-state index contributed by atoms with van der Waals surface area (Å²) < 4.78 is 0. The van der Waals surface area contributed by atoms with Crippen LogP contribution in [0.15, 0.2) is 0 Å². The van der Waals surface area contributed by atoms with Crippen LogP contribution in [-0.4, -0.2) is 0 Å². The molecular formula is C27H51N3. The predicted molar refractivity (Wildman–Crippen MR) is 130 cm³/mol. The molecule has 1 unspecified atom stereocenters. The molecule has 0 saturated heterocycles. The summed E-state index contributed by atoms with van der Waals surface area (Å²) in [7, 11) is 0. The Morgan fingerprint density at radius 3 is 0.767 bits per heavy atom. The molecule has 0 amide bonds. The van der Waals surface area contributed by atoms with Crippen LogP contribution in [0.4, 0.5) is 0 Å². The first-order valence-corrected chi connectivity index (χ1v) is 11.9. The minimum absolute atomic E-state index is 0.143. The van der Waals surface area contributed by atoms with Gasteiger partial charge in [-0.3, -0.25) is 0 Å². The van der Waals surface area contributed by atoms with E-state index in [9.17, 15) is 0 Å². The smallest absolute Gasteiger partial charge is 0.0686 e. The number of nitrogens with zero attached hydrogens (tertiary/aromatic N) is 3. The molecule has 0 radical (unpaired) electrons. The molecule has 0 aliphatic carbocycles. The van der Waals surface area contributed by atoms with E-state index >= 15 is 0 Å². The topological polar surface area (TPSA) is 71.4 Å². The van der Waals surface area contributed by atoms with Gasteiger partial charge in [0, 0.05) is 0 Å². The molecule has 3 atom stereocenters. The quantitative estimate of drug-likeness (QED) is 0.376. The first-order chi connectivity index (χ1) is 13.6. The van der Waals surface area contributed by atoms with E-state index in [1.165, 1.54) is 19.3 Å². The van der Waals surface area contributed by atoms with E-state index in [2.05, 4.69) is 59.8 Å². The molecule has 3 heteroatoms. The zero-order valence-corrected chi connectivity index (χ0v) is 22.3. The summed E-state index contributed by atoms with van der Waals surface area (Å²) in [6.45, 7) is 25.0. The van der Waals surface area contributed by atoms with Crippen LogP contribution in [0.2, 0.25) is 0 Å². The number of hydrogen-bond acceptors (Lipinski definition) is 3. The number of hydrogen-bond donors (Lipinski definition) is 0. The van der Waals surface area contributed by atoms with Crippen LogP contribution in [0.25, 0.3) is 0 Å². The second-order valence-electron chi connectivity index (χ2n) is 10.6. The van der Waals surface area contributed by atoms with Crippen LogP contribution in [0.3, 0.4) is 0 Å². The maximum atomic E-state index is 8.74. The molecule has 0 aromatic carbocycles. The van der Waals surface area contributed by atoms with E-state index in [1.807, 2.05) is 41.5 Å². The lowest BCUT2D eigenvalue weighted by molar-refractivity contribution is 0.298. The fourth-order valence-electron chi connectivity index (χ4n) is 2.71. The first kappa shape index (κ1) is 33.1. The van der Waals surface area contributed by atoms with Crippen LogP contribution in [0.1, 0.15) is 122 Å². The van der Waals surface area contributed by atoms with Crippen LogP contribution in [-0.2, 0) is 0 Å². The van der Waals surface area contributed by atoms with E-state index in [4.69, 9.17) is 15.8 Å². The van der Waals surface area contributed by atoms with Gasteiger partial charge in [-0.15, -0.1) is 0 Å². The third kappa shape index (κ3) is 14.5. The highest BCUT2D eigenvalue weighted by Gasteiger charge is 2.25. The molecule has 0 aliphatic heterocycles. The van der Waals surface area contributed by atoms with Gasteiger partial charge < -0.3 is 0 Å². The van der Waals surface area contributed by atoms with Crippen LogP contribution in [0.5, 0.6) is 0 Å². The van der Waals surface area contributed by atoms with Crippen molar-refractivity contribution in [1.29, 1.82) is 15.8 Å². The molecule has 0 aromatic rings. The lowest BCUT2D eigenvalue weighted by Gasteiger charge is -2.23. The second-order valence-corrected chi connectivity index (χ2v) is 10.6. The zero-order valence-electron chi connectivity index (χ0n) is 22.3. The molecule has 0 N–H and O–H groups in total. The minimum atomic E-state index is -0.143. The van der Waals surface area contributed by atoms with Crippen molar-refractivity contribution in [3.8, 4) is 18.2 Å². The van der Waals surface area contributed by atoms with Crippen molar-refractivity contribution in [1.82, 2.24) is 0 Å². The van der Waals surface area contributed by atoms with Gasteiger partial charge in [0.2, 0.25) is 0 Å². The Morgan fingerprint density at radius 1 is 0.500 bits per heavy atom. The predicted octanol–water partition coefficient (Wildman–Crippen LogP) is 8.92. The molecule has 0 saturated carbocycles. The van der Waals surface area contributed by atoms with Gasteiger partial charge in [0.05, 0.1) is 34.5 Å². The van der Waals surface area contributed by atoms with Crippen LogP contribution in [0, 0.1) is 68.0 Å². The third-order valence-electron chi connectivity index (χ3n) is 6.73. The van der Waals surface area contributed by atoms with Crippen molar-refractivity contribution in [3.05, 3.63) is 0 Å². The minimum Gasteiger partial charge on any atom is -0.198 e. The lowest BCUT2D eigenvalue weighted by atomic mass is 9.79. The molecule has 3 nitrogen and oxygen atoms in total. The summed E-state index contributed by atoms with van der Waals surface area (Å²) in [5.74, 6) is 1.55. The molecule has 0 aliphatic rings. The Kier molecular flexibility index (Phi) is 17.9. The Bertz CT molecular complexity index is 471. The highest BCUT2D eigenvalue weighted by molar-refractivity contribution is 4.96. The van der Waals surface area contributed by atoms with Gasteiger partial charge in [-0.25, -0.2) is 0 Å². The van der Waals surface area contributed by atoms with Crippen molar-refractivity contribution in [2.75, 3.05) is 0 Å². The first-order valence-electron chi connectivity index (χ1n) is 11.9. The van der Waals surface area contributed by atoms with Crippen molar-refractivity contribution in [2.24, 2.45) is 34.0 Å². The van der Waals surface area contributed by atoms with Crippen molar-refractivity contribution < 1.29 is 0 Å². The van der Waals surface area contributed by atoms with E-state index in [0.717, 1.165) is 19.3 Å². The molecule has 0 spiro atoms.